The molecule has 1 unspecified atom stereocenters. The zero-order valence-corrected chi connectivity index (χ0v) is 9.79. The summed E-state index contributed by atoms with van der Waals surface area (Å²) in [7, 11) is 0. The monoisotopic (exact) mass is 216 g/mol. The van der Waals surface area contributed by atoms with Gasteiger partial charge in [0.05, 0.1) is 12.1 Å². The van der Waals surface area contributed by atoms with Crippen LogP contribution in [-0.4, -0.2) is 36.5 Å². The smallest absolute Gasteiger partial charge is 0.239 e. The highest BCUT2D eigenvalue weighted by Gasteiger charge is 2.33. The van der Waals surface area contributed by atoms with E-state index < -0.39 is 11.3 Å². The highest BCUT2D eigenvalue weighted by molar-refractivity contribution is 5.85. The van der Waals surface area contributed by atoms with E-state index in [4.69, 9.17) is 15.2 Å². The highest BCUT2D eigenvalue weighted by atomic mass is 16.7. The average molecular weight is 216 g/mol. The van der Waals surface area contributed by atoms with Crippen LogP contribution in [0.15, 0.2) is 0 Å². The summed E-state index contributed by atoms with van der Waals surface area (Å²) in [5, 5.41) is 2.73. The van der Waals surface area contributed by atoms with E-state index in [-0.39, 0.29) is 12.0 Å². The molecule has 1 aliphatic rings. The quantitative estimate of drug-likeness (QED) is 0.696. The number of carbonyl (C=O) groups excluding carboxylic acids is 1. The molecule has 0 aliphatic carbocycles. The lowest BCUT2D eigenvalue weighted by Crippen LogP contribution is -2.51. The molecule has 0 spiro atoms. The zero-order chi connectivity index (χ0) is 11.7. The Kier molecular flexibility index (Phi) is 3.38. The molecule has 0 aromatic heterocycles. The number of rotatable bonds is 3. The van der Waals surface area contributed by atoms with Crippen molar-refractivity contribution in [3.05, 3.63) is 0 Å². The van der Waals surface area contributed by atoms with Gasteiger partial charge in [-0.2, -0.15) is 0 Å². The Balaban J connectivity index is 2.31. The zero-order valence-electron chi connectivity index (χ0n) is 9.79. The standard InChI is InChI=1S/C10H20N2O3/c1-9(2,11)8(13)12-5-7-6-14-10(3,4)15-7/h7H,5-6,11H2,1-4H3,(H,12,13). The van der Waals surface area contributed by atoms with Crippen molar-refractivity contribution >= 4 is 5.91 Å². The minimum Gasteiger partial charge on any atom is -0.352 e. The van der Waals surface area contributed by atoms with Crippen LogP contribution in [0.3, 0.4) is 0 Å². The van der Waals surface area contributed by atoms with E-state index >= 15 is 0 Å². The highest BCUT2D eigenvalue weighted by Crippen LogP contribution is 2.21. The van der Waals surface area contributed by atoms with Crippen molar-refractivity contribution in [2.24, 2.45) is 5.73 Å². The van der Waals surface area contributed by atoms with Gasteiger partial charge >= 0.3 is 0 Å². The summed E-state index contributed by atoms with van der Waals surface area (Å²) in [4.78, 5) is 11.5. The molecule has 1 rings (SSSR count). The van der Waals surface area contributed by atoms with E-state index in [2.05, 4.69) is 5.32 Å². The van der Waals surface area contributed by atoms with Gasteiger partial charge in [0.2, 0.25) is 5.91 Å². The summed E-state index contributed by atoms with van der Waals surface area (Å²) in [6.45, 7) is 7.96. The molecule has 0 aromatic carbocycles. The molecular formula is C10H20N2O3. The number of ether oxygens (including phenoxy) is 2. The molecule has 1 saturated heterocycles. The van der Waals surface area contributed by atoms with E-state index in [0.717, 1.165) is 0 Å². The molecule has 15 heavy (non-hydrogen) atoms. The molecule has 3 N–H and O–H groups in total. The van der Waals surface area contributed by atoms with Crippen LogP contribution < -0.4 is 11.1 Å². The van der Waals surface area contributed by atoms with Crippen molar-refractivity contribution in [1.29, 1.82) is 0 Å². The van der Waals surface area contributed by atoms with Crippen molar-refractivity contribution in [3.63, 3.8) is 0 Å². The fourth-order valence-electron chi connectivity index (χ4n) is 1.30. The molecule has 1 heterocycles. The Morgan fingerprint density at radius 1 is 1.60 bits per heavy atom. The Hall–Kier alpha value is -0.650. The first kappa shape index (κ1) is 12.4. The minimum absolute atomic E-state index is 0.0914. The number of hydrogen-bond donors (Lipinski definition) is 2. The molecule has 1 amide bonds. The summed E-state index contributed by atoms with van der Waals surface area (Å²) < 4.78 is 10.9. The van der Waals surface area contributed by atoms with Crippen molar-refractivity contribution in [2.45, 2.75) is 45.1 Å². The van der Waals surface area contributed by atoms with Crippen LogP contribution in [0.1, 0.15) is 27.7 Å². The molecule has 0 radical (unpaired) electrons. The molecular weight excluding hydrogens is 196 g/mol. The van der Waals surface area contributed by atoms with E-state index in [1.165, 1.54) is 0 Å². The number of amides is 1. The molecule has 88 valence electrons. The first-order valence-electron chi connectivity index (χ1n) is 5.10. The molecule has 0 aromatic rings. The largest absolute Gasteiger partial charge is 0.352 e. The van der Waals surface area contributed by atoms with Crippen LogP contribution in [0.5, 0.6) is 0 Å². The van der Waals surface area contributed by atoms with Gasteiger partial charge in [-0.05, 0) is 27.7 Å². The van der Waals surface area contributed by atoms with E-state index in [0.29, 0.717) is 13.2 Å². The third kappa shape index (κ3) is 3.77. The normalized spacial score (nSPS) is 25.3. The fraction of sp³-hybridized carbons (Fsp3) is 0.900. The van der Waals surface area contributed by atoms with Crippen LogP contribution in [0, 0.1) is 0 Å². The number of nitrogens with one attached hydrogen (secondary N) is 1. The van der Waals surface area contributed by atoms with Gasteiger partial charge in [0.15, 0.2) is 5.79 Å². The van der Waals surface area contributed by atoms with E-state index in [9.17, 15) is 4.79 Å². The average Bonchev–Trinajstić information content (AvgIpc) is 2.39. The first-order valence-corrected chi connectivity index (χ1v) is 5.10. The van der Waals surface area contributed by atoms with Crippen molar-refractivity contribution < 1.29 is 14.3 Å². The van der Waals surface area contributed by atoms with E-state index in [1.54, 1.807) is 13.8 Å². The molecule has 0 bridgehead atoms. The summed E-state index contributed by atoms with van der Waals surface area (Å²) in [5.41, 5.74) is 4.78. The van der Waals surface area contributed by atoms with Gasteiger partial charge in [-0.15, -0.1) is 0 Å². The predicted molar refractivity (Wildman–Crippen MR) is 56.2 cm³/mol. The first-order chi connectivity index (χ1) is 6.71. The van der Waals surface area contributed by atoms with Crippen molar-refractivity contribution in [1.82, 2.24) is 5.32 Å². The molecule has 1 aliphatic heterocycles. The number of carbonyl (C=O) groups is 1. The van der Waals surface area contributed by atoms with Crippen LogP contribution in [0.2, 0.25) is 0 Å². The molecule has 5 heteroatoms. The SMILES string of the molecule is CC1(C)OCC(CNC(=O)C(C)(C)N)O1. The molecule has 1 atom stereocenters. The lowest BCUT2D eigenvalue weighted by molar-refractivity contribution is -0.140. The topological polar surface area (TPSA) is 73.6 Å². The second-order valence-electron chi connectivity index (χ2n) is 4.88. The van der Waals surface area contributed by atoms with Gasteiger partial charge in [0, 0.05) is 6.54 Å². The summed E-state index contributed by atoms with van der Waals surface area (Å²) >= 11 is 0. The second kappa shape index (κ2) is 4.08. The second-order valence-corrected chi connectivity index (χ2v) is 4.88. The van der Waals surface area contributed by atoms with Crippen LogP contribution in [0.25, 0.3) is 0 Å². The molecule has 1 fully saturated rings. The van der Waals surface area contributed by atoms with Gasteiger partial charge in [0.1, 0.15) is 6.10 Å². The molecule has 5 nitrogen and oxygen atoms in total. The molecule has 0 saturated carbocycles. The maximum atomic E-state index is 11.5. The third-order valence-corrected chi connectivity index (χ3v) is 2.14. The van der Waals surface area contributed by atoms with Crippen molar-refractivity contribution in [2.75, 3.05) is 13.2 Å². The summed E-state index contributed by atoms with van der Waals surface area (Å²) in [6, 6.07) is 0. The maximum Gasteiger partial charge on any atom is 0.239 e. The van der Waals surface area contributed by atoms with E-state index in [1.807, 2.05) is 13.8 Å². The van der Waals surface area contributed by atoms with Gasteiger partial charge in [0.25, 0.3) is 0 Å². The lowest BCUT2D eigenvalue weighted by Gasteiger charge is -2.20. The predicted octanol–water partition coefficient (Wildman–Crippen LogP) is -0.00860. The van der Waals surface area contributed by atoms with Crippen LogP contribution in [0.4, 0.5) is 0 Å². The summed E-state index contributed by atoms with van der Waals surface area (Å²) in [6.07, 6.45) is -0.0914. The fourth-order valence-corrected chi connectivity index (χ4v) is 1.30. The van der Waals surface area contributed by atoms with Crippen LogP contribution >= 0.6 is 0 Å². The Morgan fingerprint density at radius 2 is 2.20 bits per heavy atom. The van der Waals surface area contributed by atoms with Gasteiger partial charge in [-0.1, -0.05) is 0 Å². The van der Waals surface area contributed by atoms with Gasteiger partial charge in [-0.25, -0.2) is 0 Å². The van der Waals surface area contributed by atoms with Crippen molar-refractivity contribution in [3.8, 4) is 0 Å². The third-order valence-electron chi connectivity index (χ3n) is 2.14. The van der Waals surface area contributed by atoms with Gasteiger partial charge in [-0.3, -0.25) is 4.79 Å². The lowest BCUT2D eigenvalue weighted by atomic mass is 10.1. The van der Waals surface area contributed by atoms with Crippen LogP contribution in [-0.2, 0) is 14.3 Å². The van der Waals surface area contributed by atoms with Gasteiger partial charge < -0.3 is 20.5 Å². The Morgan fingerprint density at radius 3 is 2.60 bits per heavy atom. The summed E-state index contributed by atoms with van der Waals surface area (Å²) in [5.74, 6) is -0.732. The number of nitrogens with two attached hydrogens (primary N) is 1. The Labute approximate surface area is 90.3 Å². The number of hydrogen-bond acceptors (Lipinski definition) is 4. The Bertz CT molecular complexity index is 246. The minimum atomic E-state index is -0.852. The maximum absolute atomic E-state index is 11.5.